The van der Waals surface area contributed by atoms with Crippen molar-refractivity contribution in [2.45, 2.75) is 79.3 Å². The summed E-state index contributed by atoms with van der Waals surface area (Å²) in [6, 6.07) is 0. The van der Waals surface area contributed by atoms with E-state index in [4.69, 9.17) is 15.7 Å². The third kappa shape index (κ3) is 8.35. The van der Waals surface area contributed by atoms with Gasteiger partial charge in [-0.3, -0.25) is 0 Å². The van der Waals surface area contributed by atoms with Gasteiger partial charge in [-0.1, -0.05) is 0 Å². The summed E-state index contributed by atoms with van der Waals surface area (Å²) in [7, 11) is -1.63. The third-order valence-electron chi connectivity index (χ3n) is 4.52. The molecule has 0 saturated heterocycles. The normalized spacial score (nSPS) is 14.9. The van der Waals surface area contributed by atoms with Gasteiger partial charge in [0.2, 0.25) is 0 Å². The fraction of sp³-hybridized carbons (Fsp3) is 1.00. The Hall–Kier alpha value is 0.897. The molecular formula is C17H40ClOPSi. The molecule has 0 fully saturated rings. The van der Waals surface area contributed by atoms with Gasteiger partial charge in [0.25, 0.3) is 0 Å². The molecule has 130 valence electrons. The first kappa shape index (κ1) is 21.9. The van der Waals surface area contributed by atoms with E-state index in [1.165, 1.54) is 62.8 Å². The van der Waals surface area contributed by atoms with Crippen LogP contribution in [0.5, 0.6) is 0 Å². The van der Waals surface area contributed by atoms with Gasteiger partial charge in [-0.15, -0.1) is 0 Å². The summed E-state index contributed by atoms with van der Waals surface area (Å²) in [5.41, 5.74) is 0. The van der Waals surface area contributed by atoms with Gasteiger partial charge in [-0.05, 0) is 0 Å². The van der Waals surface area contributed by atoms with Gasteiger partial charge >= 0.3 is 140 Å². The minimum absolute atomic E-state index is 0.845. The topological polar surface area (TPSA) is 9.23 Å². The number of halogens is 1. The molecule has 0 amide bonds. The van der Waals surface area contributed by atoms with Crippen LogP contribution in [0.4, 0.5) is 0 Å². The average Bonchev–Trinajstić information content (AvgIpc) is 2.41. The molecule has 0 heterocycles. The molecule has 0 aromatic rings. The van der Waals surface area contributed by atoms with Gasteiger partial charge < -0.3 is 0 Å². The number of hydrogen-bond acceptors (Lipinski definition) is 1. The van der Waals surface area contributed by atoms with Crippen LogP contribution < -0.4 is 0 Å². The molecule has 0 N–H and O–H groups in total. The van der Waals surface area contributed by atoms with E-state index >= 15 is 0 Å². The molecule has 1 nitrogen and oxygen atoms in total. The van der Waals surface area contributed by atoms with Crippen LogP contribution in [0.3, 0.4) is 0 Å². The zero-order chi connectivity index (χ0) is 16.4. The number of rotatable bonds is 13. The molecule has 0 spiro atoms. The predicted molar refractivity (Wildman–Crippen MR) is 106 cm³/mol. The SMILES string of the molecule is CCCCP(Cl)(CCCC)(CCCC)C[Si](C)(C)OCC. The summed E-state index contributed by atoms with van der Waals surface area (Å²) in [6.45, 7) is 14.6. The molecule has 0 aliphatic carbocycles. The van der Waals surface area contributed by atoms with Crippen LogP contribution in [-0.4, -0.2) is 39.2 Å². The van der Waals surface area contributed by atoms with Crippen LogP contribution in [0.25, 0.3) is 0 Å². The van der Waals surface area contributed by atoms with Crippen LogP contribution >= 0.6 is 17.2 Å². The Morgan fingerprint density at radius 1 is 0.810 bits per heavy atom. The van der Waals surface area contributed by atoms with Gasteiger partial charge in [-0.25, -0.2) is 0 Å². The van der Waals surface area contributed by atoms with Crippen LogP contribution in [0.2, 0.25) is 13.1 Å². The van der Waals surface area contributed by atoms with E-state index < -0.39 is 14.3 Å². The van der Waals surface area contributed by atoms with Crippen LogP contribution in [0, 0.1) is 0 Å². The van der Waals surface area contributed by atoms with Crippen LogP contribution in [-0.2, 0) is 4.43 Å². The first-order chi connectivity index (χ1) is 9.75. The Kier molecular flexibility index (Phi) is 10.3. The quantitative estimate of drug-likeness (QED) is 0.259. The van der Waals surface area contributed by atoms with Gasteiger partial charge in [-0.2, -0.15) is 0 Å². The van der Waals surface area contributed by atoms with E-state index in [0.717, 1.165) is 6.61 Å². The molecule has 0 atom stereocenters. The second-order valence-electron chi connectivity index (χ2n) is 7.40. The molecule has 21 heavy (non-hydrogen) atoms. The molecule has 0 saturated carbocycles. The Morgan fingerprint density at radius 2 is 1.19 bits per heavy atom. The van der Waals surface area contributed by atoms with Crippen molar-refractivity contribution in [3.63, 3.8) is 0 Å². The Bertz CT molecular complexity index is 259. The van der Waals surface area contributed by atoms with Crippen molar-refractivity contribution in [2.75, 3.05) is 30.9 Å². The summed E-state index contributed by atoms with van der Waals surface area (Å²) >= 11 is 7.64. The first-order valence-electron chi connectivity index (χ1n) is 9.11. The van der Waals surface area contributed by atoms with Crippen molar-refractivity contribution in [1.29, 1.82) is 0 Å². The molecule has 0 aromatic heterocycles. The van der Waals surface area contributed by atoms with Crippen molar-refractivity contribution in [3.8, 4) is 0 Å². The summed E-state index contributed by atoms with van der Waals surface area (Å²) in [5.74, 6) is -0.881. The van der Waals surface area contributed by atoms with Crippen LogP contribution in [0.1, 0.15) is 66.2 Å². The van der Waals surface area contributed by atoms with E-state index in [9.17, 15) is 0 Å². The molecule has 0 aliphatic heterocycles. The maximum atomic E-state index is 7.64. The summed E-state index contributed by atoms with van der Waals surface area (Å²) in [4.78, 5) is 0. The van der Waals surface area contributed by atoms with E-state index in [1.54, 1.807) is 0 Å². The van der Waals surface area contributed by atoms with Crippen molar-refractivity contribution in [1.82, 2.24) is 0 Å². The number of unbranched alkanes of at least 4 members (excludes halogenated alkanes) is 3. The van der Waals surface area contributed by atoms with Crippen molar-refractivity contribution >= 4 is 25.5 Å². The Morgan fingerprint density at radius 3 is 1.48 bits per heavy atom. The molecule has 0 radical (unpaired) electrons. The molecule has 0 bridgehead atoms. The molecular weight excluding hydrogens is 315 g/mol. The van der Waals surface area contributed by atoms with Gasteiger partial charge in [0.15, 0.2) is 0 Å². The second-order valence-corrected chi connectivity index (χ2v) is 20.3. The van der Waals surface area contributed by atoms with Gasteiger partial charge in [0.05, 0.1) is 0 Å². The van der Waals surface area contributed by atoms with E-state index in [-0.39, 0.29) is 0 Å². The van der Waals surface area contributed by atoms with Crippen molar-refractivity contribution in [3.05, 3.63) is 0 Å². The molecule has 4 heteroatoms. The molecule has 0 aromatic carbocycles. The zero-order valence-electron chi connectivity index (χ0n) is 15.5. The summed E-state index contributed by atoms with van der Waals surface area (Å²) in [5, 5.41) is 0. The van der Waals surface area contributed by atoms with Crippen molar-refractivity contribution in [2.24, 2.45) is 0 Å². The summed E-state index contributed by atoms with van der Waals surface area (Å²) in [6.07, 6.45) is 11.5. The predicted octanol–water partition coefficient (Wildman–Crippen LogP) is 6.87. The maximum absolute atomic E-state index is 7.64. The summed E-state index contributed by atoms with van der Waals surface area (Å²) < 4.78 is 6.18. The average molecular weight is 355 g/mol. The Labute approximate surface area is 140 Å². The zero-order valence-corrected chi connectivity index (χ0v) is 18.2. The van der Waals surface area contributed by atoms with E-state index in [1.807, 2.05) is 0 Å². The number of hydrogen-bond donors (Lipinski definition) is 0. The first-order valence-corrected chi connectivity index (χ1v) is 16.1. The van der Waals surface area contributed by atoms with Crippen molar-refractivity contribution < 1.29 is 4.43 Å². The Balaban J connectivity index is 5.31. The monoisotopic (exact) mass is 354 g/mol. The molecule has 0 rings (SSSR count). The van der Waals surface area contributed by atoms with Gasteiger partial charge in [0.1, 0.15) is 0 Å². The fourth-order valence-electron chi connectivity index (χ4n) is 3.62. The molecule has 0 aliphatic rings. The van der Waals surface area contributed by atoms with E-state index in [0.29, 0.717) is 0 Å². The van der Waals surface area contributed by atoms with E-state index in [2.05, 4.69) is 40.8 Å². The van der Waals surface area contributed by atoms with Crippen LogP contribution in [0.15, 0.2) is 0 Å². The second kappa shape index (κ2) is 9.91. The molecule has 0 unspecified atom stereocenters. The minimum atomic E-state index is -2.11. The standard InChI is InChI=1S/C17H40ClOPSi/c1-7-11-14-20(18,15-12-8-2,16-13-9-3)17-21(5,6)19-10-4/h7-17H2,1-6H3. The van der Waals surface area contributed by atoms with Gasteiger partial charge in [0, 0.05) is 0 Å². The third-order valence-corrected chi connectivity index (χ3v) is 18.7. The fourth-order valence-corrected chi connectivity index (χ4v) is 21.9.